The maximum absolute atomic E-state index is 8.62. The van der Waals surface area contributed by atoms with Crippen LogP contribution < -0.4 is 4.90 Å². The van der Waals surface area contributed by atoms with Crippen LogP contribution in [0.4, 0.5) is 5.82 Å². The Hall–Kier alpha value is -1.38. The van der Waals surface area contributed by atoms with Gasteiger partial charge >= 0.3 is 0 Å². The van der Waals surface area contributed by atoms with E-state index in [1.54, 1.807) is 6.07 Å². The molecule has 0 spiro atoms. The van der Waals surface area contributed by atoms with Crippen LogP contribution in [-0.2, 0) is 4.74 Å². The molecule has 1 aromatic rings. The molecule has 1 aliphatic heterocycles. The van der Waals surface area contributed by atoms with Gasteiger partial charge in [0.2, 0.25) is 0 Å². The smallest absolute Gasteiger partial charge is 0.151 e. The molecule has 0 aromatic carbocycles. The molecule has 0 saturated carbocycles. The number of hydrogen-bond donors (Lipinski definition) is 0. The number of rotatable bonds is 2. The van der Waals surface area contributed by atoms with E-state index < -0.39 is 0 Å². The number of morpholine rings is 1. The van der Waals surface area contributed by atoms with Crippen LogP contribution in [-0.4, -0.2) is 36.0 Å². The highest BCUT2D eigenvalue weighted by molar-refractivity contribution is 6.29. The van der Waals surface area contributed by atoms with Crippen molar-refractivity contribution in [1.29, 1.82) is 5.26 Å². The Morgan fingerprint density at radius 3 is 3.12 bits per heavy atom. The number of nitriles is 1. The van der Waals surface area contributed by atoms with Crippen LogP contribution in [0, 0.1) is 11.3 Å². The van der Waals surface area contributed by atoms with E-state index in [0.29, 0.717) is 24.7 Å². The fourth-order valence-electron chi connectivity index (χ4n) is 1.63. The molecule has 2 rings (SSSR count). The molecule has 1 atom stereocenters. The average Bonchev–Trinajstić information content (AvgIpc) is 2.31. The molecule has 0 N–H and O–H groups in total. The predicted molar refractivity (Wildman–Crippen MR) is 59.2 cm³/mol. The summed E-state index contributed by atoms with van der Waals surface area (Å²) in [5, 5.41) is 16.8. The van der Waals surface area contributed by atoms with E-state index in [2.05, 4.69) is 21.2 Å². The lowest BCUT2D eigenvalue weighted by Crippen LogP contribution is -2.42. The van der Waals surface area contributed by atoms with Gasteiger partial charge in [-0.3, -0.25) is 0 Å². The van der Waals surface area contributed by atoms with E-state index in [0.717, 1.165) is 12.4 Å². The lowest BCUT2D eigenvalue weighted by atomic mass is 10.2. The average molecular weight is 239 g/mol. The summed E-state index contributed by atoms with van der Waals surface area (Å²) in [6, 6.07) is 5.64. The van der Waals surface area contributed by atoms with Crippen molar-refractivity contribution in [1.82, 2.24) is 10.2 Å². The number of aromatic nitrogens is 2. The van der Waals surface area contributed by atoms with Crippen LogP contribution >= 0.6 is 11.6 Å². The zero-order valence-corrected chi connectivity index (χ0v) is 9.39. The maximum atomic E-state index is 8.62. The summed E-state index contributed by atoms with van der Waals surface area (Å²) in [5.41, 5.74) is 0. The molecule has 1 fully saturated rings. The Kier molecular flexibility index (Phi) is 3.54. The molecule has 0 unspecified atom stereocenters. The van der Waals surface area contributed by atoms with Crippen molar-refractivity contribution in [2.75, 3.05) is 24.6 Å². The van der Waals surface area contributed by atoms with Gasteiger partial charge in [-0.1, -0.05) is 11.6 Å². The van der Waals surface area contributed by atoms with Gasteiger partial charge in [-0.2, -0.15) is 5.26 Å². The first-order valence-corrected chi connectivity index (χ1v) is 5.40. The molecule has 16 heavy (non-hydrogen) atoms. The van der Waals surface area contributed by atoms with Crippen LogP contribution in [0.25, 0.3) is 0 Å². The van der Waals surface area contributed by atoms with E-state index in [1.165, 1.54) is 0 Å². The Morgan fingerprint density at radius 1 is 1.56 bits per heavy atom. The van der Waals surface area contributed by atoms with Gasteiger partial charge < -0.3 is 9.64 Å². The molecule has 0 bridgehead atoms. The molecule has 6 heteroatoms. The van der Waals surface area contributed by atoms with Crippen LogP contribution in [0.5, 0.6) is 0 Å². The van der Waals surface area contributed by atoms with Gasteiger partial charge in [0.15, 0.2) is 11.0 Å². The Balaban J connectivity index is 2.04. The molecule has 0 aliphatic carbocycles. The highest BCUT2D eigenvalue weighted by Crippen LogP contribution is 2.16. The molecule has 1 saturated heterocycles. The summed E-state index contributed by atoms with van der Waals surface area (Å²) in [5.74, 6) is 0.774. The fraction of sp³-hybridized carbons (Fsp3) is 0.500. The first-order valence-electron chi connectivity index (χ1n) is 5.02. The quantitative estimate of drug-likeness (QED) is 0.776. The Bertz CT molecular complexity index is 389. The van der Waals surface area contributed by atoms with Crippen LogP contribution in [0.15, 0.2) is 12.1 Å². The highest BCUT2D eigenvalue weighted by Gasteiger charge is 2.21. The van der Waals surface area contributed by atoms with Gasteiger partial charge in [0.25, 0.3) is 0 Å². The summed E-state index contributed by atoms with van der Waals surface area (Å²) in [6.07, 6.45) is 0.355. The third-order valence-corrected chi connectivity index (χ3v) is 2.60. The number of hydrogen-bond acceptors (Lipinski definition) is 5. The monoisotopic (exact) mass is 238 g/mol. The molecular formula is C10H11ClN4O. The summed E-state index contributed by atoms with van der Waals surface area (Å²) in [4.78, 5) is 2.05. The zero-order chi connectivity index (χ0) is 11.4. The first kappa shape index (κ1) is 11.1. The van der Waals surface area contributed by atoms with Gasteiger partial charge in [-0.25, -0.2) is 0 Å². The van der Waals surface area contributed by atoms with Gasteiger partial charge in [0.05, 0.1) is 25.2 Å². The lowest BCUT2D eigenvalue weighted by molar-refractivity contribution is 0.0435. The van der Waals surface area contributed by atoms with E-state index in [9.17, 15) is 0 Å². The summed E-state index contributed by atoms with van der Waals surface area (Å²) < 4.78 is 5.46. The molecule has 1 aliphatic rings. The Morgan fingerprint density at radius 2 is 2.44 bits per heavy atom. The topological polar surface area (TPSA) is 62.0 Å². The second kappa shape index (κ2) is 5.10. The lowest BCUT2D eigenvalue weighted by Gasteiger charge is -2.32. The molecule has 84 valence electrons. The number of halogens is 1. The van der Waals surface area contributed by atoms with Crippen molar-refractivity contribution < 1.29 is 4.74 Å². The second-order valence-corrected chi connectivity index (χ2v) is 3.90. The molecule has 2 heterocycles. The van der Waals surface area contributed by atoms with Crippen LogP contribution in [0.3, 0.4) is 0 Å². The van der Waals surface area contributed by atoms with E-state index >= 15 is 0 Å². The third kappa shape index (κ3) is 2.60. The van der Waals surface area contributed by atoms with Gasteiger partial charge in [-0.15, -0.1) is 10.2 Å². The summed E-state index contributed by atoms with van der Waals surface area (Å²) in [6.45, 7) is 2.04. The predicted octanol–water partition coefficient (Wildman–Crippen LogP) is 1.25. The minimum Gasteiger partial charge on any atom is -0.373 e. The van der Waals surface area contributed by atoms with Gasteiger partial charge in [-0.05, 0) is 12.1 Å². The second-order valence-electron chi connectivity index (χ2n) is 3.52. The van der Waals surface area contributed by atoms with E-state index in [4.69, 9.17) is 21.6 Å². The fourth-order valence-corrected chi connectivity index (χ4v) is 1.73. The van der Waals surface area contributed by atoms with E-state index in [1.807, 2.05) is 6.07 Å². The van der Waals surface area contributed by atoms with Gasteiger partial charge in [0, 0.05) is 13.1 Å². The van der Waals surface area contributed by atoms with Crippen molar-refractivity contribution in [3.63, 3.8) is 0 Å². The van der Waals surface area contributed by atoms with Crippen molar-refractivity contribution >= 4 is 17.4 Å². The maximum Gasteiger partial charge on any atom is 0.151 e. The molecular weight excluding hydrogens is 228 g/mol. The SMILES string of the molecule is N#CC[C@@H]1CN(c2ccc(Cl)nn2)CCO1. The van der Waals surface area contributed by atoms with E-state index in [-0.39, 0.29) is 6.10 Å². The Labute approximate surface area is 98.6 Å². The van der Waals surface area contributed by atoms with Crippen LogP contribution in [0.1, 0.15) is 6.42 Å². The zero-order valence-electron chi connectivity index (χ0n) is 8.64. The molecule has 5 nitrogen and oxygen atoms in total. The first-order chi connectivity index (χ1) is 7.79. The summed E-state index contributed by atoms with van der Waals surface area (Å²) in [7, 11) is 0. The highest BCUT2D eigenvalue weighted by atomic mass is 35.5. The van der Waals surface area contributed by atoms with Crippen molar-refractivity contribution in [3.8, 4) is 6.07 Å². The number of nitrogens with zero attached hydrogens (tertiary/aromatic N) is 4. The molecule has 0 radical (unpaired) electrons. The normalized spacial score (nSPS) is 20.5. The summed E-state index contributed by atoms with van der Waals surface area (Å²) >= 11 is 5.67. The van der Waals surface area contributed by atoms with Crippen LogP contribution in [0.2, 0.25) is 5.15 Å². The molecule has 0 amide bonds. The minimum absolute atomic E-state index is 0.0452. The van der Waals surface area contributed by atoms with Crippen molar-refractivity contribution in [3.05, 3.63) is 17.3 Å². The number of ether oxygens (including phenoxy) is 1. The van der Waals surface area contributed by atoms with Crippen molar-refractivity contribution in [2.24, 2.45) is 0 Å². The number of anilines is 1. The van der Waals surface area contributed by atoms with Gasteiger partial charge in [0.1, 0.15) is 0 Å². The largest absolute Gasteiger partial charge is 0.373 e. The minimum atomic E-state index is -0.0452. The molecule has 1 aromatic heterocycles. The van der Waals surface area contributed by atoms with Crippen molar-refractivity contribution in [2.45, 2.75) is 12.5 Å². The third-order valence-electron chi connectivity index (χ3n) is 2.40. The standard InChI is InChI=1S/C10H11ClN4O/c11-9-1-2-10(14-13-9)15-5-6-16-8(7-15)3-4-12/h1-2,8H,3,5-7H2/t8-/m1/s1.